The molecule has 1 atom stereocenters. The van der Waals surface area contributed by atoms with Crippen molar-refractivity contribution in [2.45, 2.75) is 88.7 Å². The average Bonchev–Trinajstić information content (AvgIpc) is 3.66. The molecule has 2 saturated carbocycles. The van der Waals surface area contributed by atoms with Gasteiger partial charge in [0.1, 0.15) is 16.8 Å². The van der Waals surface area contributed by atoms with Crippen LogP contribution in [0.1, 0.15) is 69.4 Å². The average molecular weight is 654 g/mol. The largest absolute Gasteiger partial charge is 0.488 e. The normalized spacial score (nSPS) is 22.9. The predicted octanol–water partition coefficient (Wildman–Crippen LogP) is 4.16. The Hall–Kier alpha value is -2.68. The molecule has 5 rings (SSSR count). The number of nitrogens with zero attached hydrogens (tertiary/aromatic N) is 4. The van der Waals surface area contributed by atoms with Crippen LogP contribution in [0.5, 0.6) is 5.75 Å². The fourth-order valence-corrected chi connectivity index (χ4v) is 7.82. The number of hydrogen-bond donors (Lipinski definition) is 3. The van der Waals surface area contributed by atoms with Gasteiger partial charge < -0.3 is 15.4 Å². The minimum atomic E-state index is -3.59. The lowest BCUT2D eigenvalue weighted by atomic mass is 9.80. The van der Waals surface area contributed by atoms with Crippen molar-refractivity contribution in [3.63, 3.8) is 0 Å². The van der Waals surface area contributed by atoms with Crippen LogP contribution >= 0.6 is 11.6 Å². The maximum Gasteiger partial charge on any atom is 0.229 e. The Labute approximate surface area is 259 Å². The van der Waals surface area contributed by atoms with Crippen LogP contribution in [0.25, 0.3) is 0 Å². The molecule has 1 aromatic heterocycles. The van der Waals surface area contributed by atoms with E-state index in [0.29, 0.717) is 24.0 Å². The van der Waals surface area contributed by atoms with E-state index in [0.717, 1.165) is 49.8 Å². The molecule has 0 amide bonds. The van der Waals surface area contributed by atoms with E-state index >= 15 is 0 Å². The minimum absolute atomic E-state index is 0.0306. The Kier molecular flexibility index (Phi) is 9.13. The summed E-state index contributed by atoms with van der Waals surface area (Å²) in [5, 5.41) is 12.0. The zero-order chi connectivity index (χ0) is 31.1. The molecular weight excluding hydrogens is 614 g/mol. The molecule has 1 unspecified atom stereocenters. The van der Waals surface area contributed by atoms with Crippen LogP contribution in [-0.4, -0.2) is 80.1 Å². The Morgan fingerprint density at radius 1 is 1.07 bits per heavy atom. The Morgan fingerprint density at radius 2 is 1.77 bits per heavy atom. The second kappa shape index (κ2) is 12.4. The van der Waals surface area contributed by atoms with E-state index in [2.05, 4.69) is 43.4 Å². The van der Waals surface area contributed by atoms with Crippen LogP contribution in [0.15, 0.2) is 23.4 Å². The number of likely N-dealkylation sites (N-methyl/N-ethyl adjacent to an activating group) is 1. The van der Waals surface area contributed by atoms with E-state index in [1.54, 1.807) is 25.9 Å². The molecule has 2 fully saturated rings. The van der Waals surface area contributed by atoms with Crippen molar-refractivity contribution in [3.8, 4) is 5.75 Å². The van der Waals surface area contributed by atoms with Crippen LogP contribution < -0.4 is 20.1 Å². The molecule has 15 heteroatoms. The molecule has 1 aromatic carbocycles. The monoisotopic (exact) mass is 653 g/mol. The fraction of sp³-hybridized carbons (Fsp3) is 0.607. The van der Waals surface area contributed by atoms with Crippen LogP contribution in [-0.2, 0) is 19.9 Å². The number of ether oxygens (including phenoxy) is 1. The molecule has 2 aliphatic carbocycles. The number of halogens is 1. The maximum atomic E-state index is 12.9. The number of anilines is 3. The molecule has 1 aliphatic heterocycles. The summed E-state index contributed by atoms with van der Waals surface area (Å²) in [5.41, 5.74) is 3.01. The first-order valence-electron chi connectivity index (χ1n) is 14.6. The highest BCUT2D eigenvalue weighted by Gasteiger charge is 2.37. The van der Waals surface area contributed by atoms with Gasteiger partial charge in [-0.25, -0.2) is 26.5 Å². The summed E-state index contributed by atoms with van der Waals surface area (Å²) in [4.78, 5) is 8.96. The van der Waals surface area contributed by atoms with Gasteiger partial charge in [-0.15, -0.1) is 0 Å². The zero-order valence-corrected chi connectivity index (χ0v) is 27.5. The Bertz CT molecular complexity index is 1610. The summed E-state index contributed by atoms with van der Waals surface area (Å²) in [6.07, 6.45) is 8.16. The Morgan fingerprint density at radius 3 is 2.40 bits per heavy atom. The van der Waals surface area contributed by atoms with E-state index in [9.17, 15) is 16.8 Å². The zero-order valence-electron chi connectivity index (χ0n) is 25.1. The van der Waals surface area contributed by atoms with Crippen LogP contribution in [0.2, 0.25) is 5.02 Å². The quantitative estimate of drug-likeness (QED) is 0.340. The van der Waals surface area contributed by atoms with Crippen molar-refractivity contribution in [1.29, 1.82) is 0 Å². The minimum Gasteiger partial charge on any atom is -0.488 e. The number of benzene rings is 1. The highest BCUT2D eigenvalue weighted by molar-refractivity contribution is 8.07. The predicted molar refractivity (Wildman–Crippen MR) is 170 cm³/mol. The van der Waals surface area contributed by atoms with Gasteiger partial charge >= 0.3 is 0 Å². The highest BCUT2D eigenvalue weighted by atomic mass is 35.5. The number of rotatable bonds is 10. The van der Waals surface area contributed by atoms with Gasteiger partial charge in [0.25, 0.3) is 0 Å². The van der Waals surface area contributed by atoms with Gasteiger partial charge in [0.2, 0.25) is 16.0 Å². The summed E-state index contributed by atoms with van der Waals surface area (Å²) >= 11 is 6.44. The van der Waals surface area contributed by atoms with Crippen molar-refractivity contribution in [2.75, 3.05) is 30.5 Å². The standard InChI is InChI=1S/C28H40ClN7O5S2/c1-16(2)43(39,40)27-24(15-36(4)34-27)31-26-22(29)14-30-28(33-26)32-23-12-17(3)21(13-25(23)41-20-10-11-20)18-6-8-19(9-7-18)35-42(5,37)38/h12-14,16,18-20,24,35H,6-11,15H2,1-5H3,(H2,30,31,32,33). The fourth-order valence-electron chi connectivity index (χ4n) is 5.57. The van der Waals surface area contributed by atoms with Gasteiger partial charge in [0.15, 0.2) is 20.7 Å². The van der Waals surface area contributed by atoms with E-state index in [1.807, 2.05) is 6.07 Å². The van der Waals surface area contributed by atoms with Crippen molar-refractivity contribution < 1.29 is 21.6 Å². The molecule has 236 valence electrons. The van der Waals surface area contributed by atoms with Crippen LogP contribution in [0.3, 0.4) is 0 Å². The molecule has 3 N–H and O–H groups in total. The molecular formula is C28H40ClN7O5S2. The third-order valence-electron chi connectivity index (χ3n) is 7.96. The molecule has 12 nitrogen and oxygen atoms in total. The molecule has 2 aromatic rings. The van der Waals surface area contributed by atoms with E-state index in [-0.39, 0.29) is 28.2 Å². The number of hydrogen-bond acceptors (Lipinski definition) is 11. The molecule has 2 heterocycles. The third-order valence-corrected chi connectivity index (χ3v) is 11.2. The number of nitrogens with one attached hydrogen (secondary N) is 3. The first-order chi connectivity index (χ1) is 20.2. The molecule has 0 saturated heterocycles. The lowest BCUT2D eigenvalue weighted by Crippen LogP contribution is -2.38. The van der Waals surface area contributed by atoms with E-state index < -0.39 is 31.2 Å². The molecule has 0 spiro atoms. The van der Waals surface area contributed by atoms with Crippen molar-refractivity contribution in [1.82, 2.24) is 19.7 Å². The van der Waals surface area contributed by atoms with Gasteiger partial charge in [-0.05, 0) is 88.5 Å². The van der Waals surface area contributed by atoms with Gasteiger partial charge in [0.05, 0.1) is 36.0 Å². The number of sulfone groups is 1. The smallest absolute Gasteiger partial charge is 0.229 e. The molecule has 3 aliphatic rings. The van der Waals surface area contributed by atoms with Crippen molar-refractivity contribution in [3.05, 3.63) is 34.5 Å². The van der Waals surface area contributed by atoms with Gasteiger partial charge in [-0.3, -0.25) is 5.01 Å². The summed E-state index contributed by atoms with van der Waals surface area (Å²) in [5.74, 6) is 1.59. The first-order valence-corrected chi connectivity index (χ1v) is 18.4. The number of aromatic nitrogens is 2. The lowest BCUT2D eigenvalue weighted by molar-refractivity contribution is 0.303. The van der Waals surface area contributed by atoms with Crippen molar-refractivity contribution in [2.24, 2.45) is 5.10 Å². The Balaban J connectivity index is 1.36. The second-order valence-electron chi connectivity index (χ2n) is 12.0. The second-order valence-corrected chi connectivity index (χ2v) is 16.7. The summed E-state index contributed by atoms with van der Waals surface area (Å²) in [6.45, 7) is 5.66. The molecule has 0 bridgehead atoms. The summed E-state index contributed by atoms with van der Waals surface area (Å²) in [6, 6.07) is 3.48. The van der Waals surface area contributed by atoms with E-state index in [4.69, 9.17) is 16.3 Å². The van der Waals surface area contributed by atoms with Crippen LogP contribution in [0.4, 0.5) is 17.5 Å². The van der Waals surface area contributed by atoms with Gasteiger partial charge in [0, 0.05) is 13.1 Å². The summed E-state index contributed by atoms with van der Waals surface area (Å²) in [7, 11) is -5.10. The maximum absolute atomic E-state index is 12.9. The number of sulfonamides is 1. The highest BCUT2D eigenvalue weighted by Crippen LogP contribution is 2.41. The van der Waals surface area contributed by atoms with Gasteiger partial charge in [-0.1, -0.05) is 11.6 Å². The number of aryl methyl sites for hydroxylation is 1. The lowest BCUT2D eigenvalue weighted by Gasteiger charge is -2.30. The molecule has 0 radical (unpaired) electrons. The van der Waals surface area contributed by atoms with Crippen molar-refractivity contribution >= 4 is 54.0 Å². The number of hydrazone groups is 1. The molecule has 43 heavy (non-hydrogen) atoms. The SMILES string of the molecule is Cc1cc(Nc2ncc(Cl)c(NC3CN(C)N=C3S(=O)(=O)C(C)C)n2)c(OC2CC2)cc1C1CCC(NS(C)(=O)=O)CC1. The van der Waals surface area contributed by atoms with Gasteiger partial charge in [-0.2, -0.15) is 10.1 Å². The summed E-state index contributed by atoms with van der Waals surface area (Å²) < 4.78 is 58.3. The topological polar surface area (TPSA) is 155 Å². The van der Waals surface area contributed by atoms with E-state index in [1.165, 1.54) is 18.0 Å². The first kappa shape index (κ1) is 31.7. The third kappa shape index (κ3) is 7.70. The van der Waals surface area contributed by atoms with Crippen LogP contribution in [0, 0.1) is 6.92 Å².